The lowest BCUT2D eigenvalue weighted by Gasteiger charge is -2.18. The Morgan fingerprint density at radius 2 is 1.40 bits per heavy atom. The molecule has 0 fully saturated rings. The Morgan fingerprint density at radius 3 is 2.11 bits per heavy atom. The van der Waals surface area contributed by atoms with E-state index in [0.717, 1.165) is 56.0 Å². The molecule has 0 saturated carbocycles. The van der Waals surface area contributed by atoms with Crippen molar-refractivity contribution in [2.45, 2.75) is 72.4 Å². The van der Waals surface area contributed by atoms with Gasteiger partial charge in [-0.15, -0.1) is 0 Å². The van der Waals surface area contributed by atoms with Gasteiger partial charge < -0.3 is 35.1 Å². The minimum atomic E-state index is -0.844. The van der Waals surface area contributed by atoms with Gasteiger partial charge in [-0.3, -0.25) is 19.6 Å². The van der Waals surface area contributed by atoms with Crippen LogP contribution in [0.15, 0.2) is 85.3 Å². The first-order valence-corrected chi connectivity index (χ1v) is 19.0. The summed E-state index contributed by atoms with van der Waals surface area (Å²) in [5.41, 5.74) is 8.83. The lowest BCUT2D eigenvalue weighted by molar-refractivity contribution is -0.138. The number of benzene rings is 3. The fraction of sp³-hybridized carbons (Fsp3) is 0.295. The van der Waals surface area contributed by atoms with Gasteiger partial charge in [0.2, 0.25) is 0 Å². The van der Waals surface area contributed by atoms with Gasteiger partial charge in [-0.25, -0.2) is 0 Å². The van der Waals surface area contributed by atoms with Gasteiger partial charge in [0.05, 0.1) is 16.3 Å². The number of nitrogens with one attached hydrogen (secondary N) is 2. The number of carbonyl (C=O) groups is 2. The van der Waals surface area contributed by atoms with Crippen LogP contribution < -0.4 is 24.8 Å². The molecule has 2 heterocycles. The van der Waals surface area contributed by atoms with Crippen LogP contribution in [0.3, 0.4) is 0 Å². The first-order chi connectivity index (χ1) is 27.6. The van der Waals surface area contributed by atoms with Crippen LogP contribution in [0, 0.1) is 25.2 Å². The summed E-state index contributed by atoms with van der Waals surface area (Å²) in [6.45, 7) is 6.95. The van der Waals surface area contributed by atoms with Crippen molar-refractivity contribution in [3.8, 4) is 34.4 Å². The number of hydrogen-bond acceptors (Lipinski definition) is 10. The van der Waals surface area contributed by atoms with E-state index in [1.165, 1.54) is 6.20 Å². The molecule has 13 heteroatoms. The summed E-state index contributed by atoms with van der Waals surface area (Å²) in [5.74, 6) is 0.0936. The second-order valence-electron chi connectivity index (χ2n) is 13.5. The molecule has 0 radical (unpaired) electrons. The summed E-state index contributed by atoms with van der Waals surface area (Å²) in [6, 6.07) is 23.4. The van der Waals surface area contributed by atoms with Crippen LogP contribution in [-0.4, -0.2) is 45.2 Å². The number of nitriles is 1. The first-order valence-electron chi connectivity index (χ1n) is 18.6. The van der Waals surface area contributed by atoms with Gasteiger partial charge in [-0.1, -0.05) is 48.0 Å². The predicted octanol–water partition coefficient (Wildman–Crippen LogP) is 7.93. The van der Waals surface area contributed by atoms with Crippen LogP contribution in [-0.2, 0) is 42.5 Å². The molecule has 2 aromatic heterocycles. The monoisotopic (exact) mass is 791 g/mol. The summed E-state index contributed by atoms with van der Waals surface area (Å²) in [6.07, 6.45) is 6.21. The molecule has 12 nitrogen and oxygen atoms in total. The topological polar surface area (TPSA) is 176 Å². The Kier molecular flexibility index (Phi) is 15.8. The molecule has 296 valence electrons. The highest BCUT2D eigenvalue weighted by atomic mass is 35.5. The second-order valence-corrected chi connectivity index (χ2v) is 13.9. The molecule has 3 aromatic carbocycles. The van der Waals surface area contributed by atoms with E-state index >= 15 is 0 Å². The molecular weight excluding hydrogens is 746 g/mol. The van der Waals surface area contributed by atoms with Crippen molar-refractivity contribution in [2.75, 3.05) is 13.1 Å². The Morgan fingerprint density at radius 1 is 0.719 bits per heavy atom. The number of aromatic nitrogens is 2. The molecule has 0 atom stereocenters. The third kappa shape index (κ3) is 12.8. The highest BCUT2D eigenvalue weighted by Crippen LogP contribution is 2.36. The van der Waals surface area contributed by atoms with Crippen molar-refractivity contribution in [1.29, 1.82) is 5.26 Å². The second kappa shape index (κ2) is 21.3. The fourth-order valence-electron chi connectivity index (χ4n) is 6.08. The molecular formula is C44H46ClN5O7. The molecule has 0 aliphatic rings. The van der Waals surface area contributed by atoms with E-state index in [2.05, 4.69) is 45.7 Å². The first kappa shape index (κ1) is 42.1. The number of rotatable bonds is 22. The fourth-order valence-corrected chi connectivity index (χ4v) is 6.32. The molecule has 0 aliphatic heterocycles. The van der Waals surface area contributed by atoms with E-state index < -0.39 is 11.9 Å². The molecule has 5 aromatic rings. The van der Waals surface area contributed by atoms with Crippen molar-refractivity contribution in [1.82, 2.24) is 20.6 Å². The molecule has 0 amide bonds. The molecule has 0 saturated heterocycles. The number of hydrogen-bond donors (Lipinski definition) is 4. The Labute approximate surface area is 337 Å². The normalized spacial score (nSPS) is 10.8. The van der Waals surface area contributed by atoms with Crippen LogP contribution in [0.4, 0.5) is 0 Å². The number of carboxylic acid groups (broad SMARTS) is 2. The van der Waals surface area contributed by atoms with Crippen LogP contribution in [0.2, 0.25) is 5.02 Å². The quantitative estimate of drug-likeness (QED) is 0.0499. The number of ether oxygens (including phenoxy) is 3. The van der Waals surface area contributed by atoms with E-state index in [1.807, 2.05) is 43.3 Å². The average molecular weight is 792 g/mol. The Bertz CT molecular complexity index is 2190. The Balaban J connectivity index is 1.25. The lowest BCUT2D eigenvalue weighted by Crippen LogP contribution is -2.16. The van der Waals surface area contributed by atoms with E-state index in [0.29, 0.717) is 67.7 Å². The number of nitrogens with zero attached hydrogens (tertiary/aromatic N) is 3. The molecule has 4 N–H and O–H groups in total. The van der Waals surface area contributed by atoms with Crippen molar-refractivity contribution in [3.05, 3.63) is 135 Å². The van der Waals surface area contributed by atoms with Crippen molar-refractivity contribution >= 4 is 23.5 Å². The zero-order valence-corrected chi connectivity index (χ0v) is 32.8. The highest BCUT2D eigenvalue weighted by Gasteiger charge is 2.16. The molecule has 57 heavy (non-hydrogen) atoms. The van der Waals surface area contributed by atoms with E-state index in [9.17, 15) is 14.9 Å². The van der Waals surface area contributed by atoms with Gasteiger partial charge in [-0.2, -0.15) is 5.26 Å². The smallest absolute Gasteiger partial charge is 0.303 e. The van der Waals surface area contributed by atoms with Gasteiger partial charge in [0.1, 0.15) is 43.1 Å². The maximum atomic E-state index is 10.9. The Hall–Kier alpha value is -6.00. The number of halogens is 1. The third-order valence-corrected chi connectivity index (χ3v) is 9.53. The third-order valence-electron chi connectivity index (χ3n) is 9.23. The molecule has 0 spiro atoms. The van der Waals surface area contributed by atoms with Crippen LogP contribution in [0.5, 0.6) is 17.2 Å². The molecule has 0 unspecified atom stereocenters. The maximum absolute atomic E-state index is 10.9. The highest BCUT2D eigenvalue weighted by molar-refractivity contribution is 6.32. The number of carboxylic acids is 2. The van der Waals surface area contributed by atoms with Gasteiger partial charge in [0.15, 0.2) is 0 Å². The van der Waals surface area contributed by atoms with Gasteiger partial charge in [0, 0.05) is 61.7 Å². The molecule has 0 bridgehead atoms. The van der Waals surface area contributed by atoms with Crippen LogP contribution in [0.1, 0.15) is 70.3 Å². The van der Waals surface area contributed by atoms with Crippen molar-refractivity contribution in [3.63, 3.8) is 0 Å². The zero-order chi connectivity index (χ0) is 40.6. The minimum Gasteiger partial charge on any atom is -0.488 e. The SMILES string of the molecule is Cc1c(COc2cc(OCc3cncc(C#N)c3)c(CNCCCC(=O)O)cc2Cl)cccc1-c1cccc(OCc2ccc(CNCCCC(=O)O)cn2)c1C. The van der Waals surface area contributed by atoms with Gasteiger partial charge >= 0.3 is 11.9 Å². The van der Waals surface area contributed by atoms with Crippen LogP contribution >= 0.6 is 11.6 Å². The van der Waals surface area contributed by atoms with E-state index in [-0.39, 0.29) is 26.1 Å². The average Bonchev–Trinajstić information content (AvgIpc) is 3.20. The van der Waals surface area contributed by atoms with E-state index in [4.69, 9.17) is 36.0 Å². The maximum Gasteiger partial charge on any atom is 0.303 e. The predicted molar refractivity (Wildman–Crippen MR) is 216 cm³/mol. The van der Waals surface area contributed by atoms with Crippen molar-refractivity contribution in [2.24, 2.45) is 0 Å². The molecule has 0 aliphatic carbocycles. The van der Waals surface area contributed by atoms with Crippen LogP contribution in [0.25, 0.3) is 11.1 Å². The summed E-state index contributed by atoms with van der Waals surface area (Å²) in [7, 11) is 0. The van der Waals surface area contributed by atoms with Gasteiger partial charge in [-0.05, 0) is 97.4 Å². The summed E-state index contributed by atoms with van der Waals surface area (Å²) in [4.78, 5) is 30.3. The van der Waals surface area contributed by atoms with Gasteiger partial charge in [0.25, 0.3) is 0 Å². The largest absolute Gasteiger partial charge is 0.488 e. The molecule has 5 rings (SSSR count). The summed E-state index contributed by atoms with van der Waals surface area (Å²) >= 11 is 6.76. The lowest BCUT2D eigenvalue weighted by atomic mass is 9.93. The zero-order valence-electron chi connectivity index (χ0n) is 32.0. The number of aliphatic carboxylic acids is 2. The van der Waals surface area contributed by atoms with Crippen molar-refractivity contribution < 1.29 is 34.0 Å². The summed E-state index contributed by atoms with van der Waals surface area (Å²) in [5, 5.41) is 34.0. The van der Waals surface area contributed by atoms with E-state index in [1.54, 1.807) is 30.6 Å². The number of pyridine rings is 2. The summed E-state index contributed by atoms with van der Waals surface area (Å²) < 4.78 is 18.8. The minimum absolute atomic E-state index is 0.0686. The standard InChI is InChI=1S/C44H46ClN5O7/c1-29-34(27-56-42-19-41(55-26-33-17-32(20-46)22-49-23-33)35(18-39(42)45)25-48-16-6-12-44(53)54)7-3-8-37(29)38-9-4-10-40(30(38)2)57-28-36-14-13-31(24-50-36)21-47-15-5-11-43(51)52/h3-4,7-10,13-14,17-19,22-24,47-48H,5-6,11-12,15-16,21,25-28H2,1-2H3,(H,51,52)(H,53,54).